The first-order valence-electron chi connectivity index (χ1n) is 7.20. The lowest BCUT2D eigenvalue weighted by Crippen LogP contribution is -2.37. The van der Waals surface area contributed by atoms with Crippen LogP contribution in [0.4, 0.5) is 5.69 Å². The van der Waals surface area contributed by atoms with Gasteiger partial charge < -0.3 is 14.9 Å². The normalized spacial score (nSPS) is 17.2. The molecule has 2 rings (SSSR count). The van der Waals surface area contributed by atoms with Crippen molar-refractivity contribution in [3.63, 3.8) is 0 Å². The highest BCUT2D eigenvalue weighted by atomic mass is 16.3. The minimum absolute atomic E-state index is 0.134. The maximum absolute atomic E-state index is 9.51. The molecule has 0 saturated carbocycles. The summed E-state index contributed by atoms with van der Waals surface area (Å²) in [6, 6.07) is 6.40. The Labute approximate surface area is 116 Å². The zero-order valence-electron chi connectivity index (χ0n) is 12.4. The van der Waals surface area contributed by atoms with Gasteiger partial charge in [0.05, 0.1) is 6.61 Å². The van der Waals surface area contributed by atoms with E-state index in [1.54, 1.807) is 0 Å². The second kappa shape index (κ2) is 6.40. The highest BCUT2D eigenvalue weighted by Crippen LogP contribution is 2.27. The molecule has 0 aliphatic carbocycles. The quantitative estimate of drug-likeness (QED) is 0.901. The van der Waals surface area contributed by atoms with Crippen molar-refractivity contribution < 1.29 is 5.11 Å². The number of piperidine rings is 1. The topological polar surface area (TPSA) is 26.7 Å². The molecule has 0 bridgehead atoms. The van der Waals surface area contributed by atoms with Crippen LogP contribution >= 0.6 is 0 Å². The molecule has 0 atom stereocenters. The summed E-state index contributed by atoms with van der Waals surface area (Å²) in [6.07, 6.45) is 2.49. The molecule has 0 aromatic heterocycles. The van der Waals surface area contributed by atoms with Gasteiger partial charge >= 0.3 is 0 Å². The van der Waals surface area contributed by atoms with Crippen LogP contribution in [0.5, 0.6) is 0 Å². The summed E-state index contributed by atoms with van der Waals surface area (Å²) in [5.41, 5.74) is 3.50. The van der Waals surface area contributed by atoms with Gasteiger partial charge in [0, 0.05) is 30.9 Å². The largest absolute Gasteiger partial charge is 0.392 e. The number of hydrogen-bond donors (Lipinski definition) is 1. The van der Waals surface area contributed by atoms with Gasteiger partial charge in [-0.1, -0.05) is 17.7 Å². The number of benzene rings is 1. The van der Waals surface area contributed by atoms with Crippen LogP contribution in [0.25, 0.3) is 0 Å². The predicted molar refractivity (Wildman–Crippen MR) is 80.6 cm³/mol. The van der Waals surface area contributed by atoms with E-state index in [1.807, 2.05) is 0 Å². The highest BCUT2D eigenvalue weighted by molar-refractivity contribution is 5.55. The molecule has 1 fully saturated rings. The number of aryl methyl sites for hydroxylation is 1. The van der Waals surface area contributed by atoms with Crippen LogP contribution in [0, 0.1) is 12.8 Å². The van der Waals surface area contributed by atoms with Crippen LogP contribution in [0.3, 0.4) is 0 Å². The summed E-state index contributed by atoms with van der Waals surface area (Å²) in [7, 11) is 4.30. The molecule has 1 N–H and O–H groups in total. The smallest absolute Gasteiger partial charge is 0.0702 e. The van der Waals surface area contributed by atoms with Crippen LogP contribution in [0.1, 0.15) is 24.0 Å². The molecule has 1 aromatic rings. The SMILES string of the molecule is Cc1ccc(N2CCC(CN(C)C)CC2)c(CO)c1. The zero-order valence-corrected chi connectivity index (χ0v) is 12.4. The molecule has 1 saturated heterocycles. The van der Waals surface area contributed by atoms with E-state index in [2.05, 4.69) is 49.0 Å². The number of aliphatic hydroxyl groups excluding tert-OH is 1. The third-order valence-corrected chi connectivity index (χ3v) is 3.98. The molecule has 1 heterocycles. The Hall–Kier alpha value is -1.06. The van der Waals surface area contributed by atoms with Gasteiger partial charge in [0.1, 0.15) is 0 Å². The Morgan fingerprint density at radius 3 is 2.53 bits per heavy atom. The molecular formula is C16H26N2O. The average molecular weight is 262 g/mol. The Bertz CT molecular complexity index is 409. The molecule has 106 valence electrons. The molecule has 1 aliphatic rings. The summed E-state index contributed by atoms with van der Waals surface area (Å²) >= 11 is 0. The highest BCUT2D eigenvalue weighted by Gasteiger charge is 2.21. The standard InChI is InChI=1S/C16H26N2O/c1-13-4-5-16(15(10-13)12-19)18-8-6-14(7-9-18)11-17(2)3/h4-5,10,14,19H,6-9,11-12H2,1-3H3. The molecule has 0 amide bonds. The fourth-order valence-corrected chi connectivity index (χ4v) is 3.02. The summed E-state index contributed by atoms with van der Waals surface area (Å²) in [5, 5.41) is 9.51. The lowest BCUT2D eigenvalue weighted by atomic mass is 9.95. The monoisotopic (exact) mass is 262 g/mol. The average Bonchev–Trinajstić information content (AvgIpc) is 2.39. The number of anilines is 1. The summed E-state index contributed by atoms with van der Waals surface area (Å²) < 4.78 is 0. The third kappa shape index (κ3) is 3.71. The fourth-order valence-electron chi connectivity index (χ4n) is 3.02. The second-order valence-electron chi connectivity index (χ2n) is 5.98. The van der Waals surface area contributed by atoms with E-state index in [4.69, 9.17) is 0 Å². The van der Waals surface area contributed by atoms with E-state index in [0.29, 0.717) is 0 Å². The summed E-state index contributed by atoms with van der Waals surface area (Å²) in [5.74, 6) is 0.814. The lowest BCUT2D eigenvalue weighted by Gasteiger charge is -2.35. The van der Waals surface area contributed by atoms with Crippen molar-refractivity contribution in [2.24, 2.45) is 5.92 Å². The summed E-state index contributed by atoms with van der Waals surface area (Å²) in [6.45, 7) is 5.61. The first kappa shape index (κ1) is 14.4. The third-order valence-electron chi connectivity index (χ3n) is 3.98. The zero-order chi connectivity index (χ0) is 13.8. The van der Waals surface area contributed by atoms with Gasteiger partial charge in [0.15, 0.2) is 0 Å². The number of nitrogens with zero attached hydrogens (tertiary/aromatic N) is 2. The molecule has 1 aliphatic heterocycles. The van der Waals surface area contributed by atoms with Crippen LogP contribution in [0.2, 0.25) is 0 Å². The van der Waals surface area contributed by atoms with Crippen molar-refractivity contribution in [2.45, 2.75) is 26.4 Å². The summed E-state index contributed by atoms with van der Waals surface area (Å²) in [4.78, 5) is 4.71. The fraction of sp³-hybridized carbons (Fsp3) is 0.625. The van der Waals surface area contributed by atoms with Crippen molar-refractivity contribution in [2.75, 3.05) is 38.6 Å². The Morgan fingerprint density at radius 2 is 1.95 bits per heavy atom. The van der Waals surface area contributed by atoms with Gasteiger partial charge in [0.2, 0.25) is 0 Å². The Morgan fingerprint density at radius 1 is 1.26 bits per heavy atom. The molecular weight excluding hydrogens is 236 g/mol. The van der Waals surface area contributed by atoms with Crippen LogP contribution in [-0.2, 0) is 6.61 Å². The minimum Gasteiger partial charge on any atom is -0.392 e. The van der Waals surface area contributed by atoms with Gasteiger partial charge in [-0.25, -0.2) is 0 Å². The molecule has 3 heteroatoms. The molecule has 0 radical (unpaired) electrons. The van der Waals surface area contributed by atoms with Crippen LogP contribution in [-0.4, -0.2) is 43.7 Å². The molecule has 0 unspecified atom stereocenters. The first-order chi connectivity index (χ1) is 9.10. The van der Waals surface area contributed by atoms with Gasteiger partial charge in [-0.15, -0.1) is 0 Å². The van der Waals surface area contributed by atoms with Crippen molar-refractivity contribution in [1.82, 2.24) is 4.90 Å². The maximum Gasteiger partial charge on any atom is 0.0702 e. The van der Waals surface area contributed by atoms with Crippen LogP contribution in [0.15, 0.2) is 18.2 Å². The number of aliphatic hydroxyl groups is 1. The number of rotatable bonds is 4. The van der Waals surface area contributed by atoms with Crippen LogP contribution < -0.4 is 4.90 Å². The van der Waals surface area contributed by atoms with Gasteiger partial charge in [-0.3, -0.25) is 0 Å². The minimum atomic E-state index is 0.134. The van der Waals surface area contributed by atoms with Crippen molar-refractivity contribution >= 4 is 5.69 Å². The first-order valence-corrected chi connectivity index (χ1v) is 7.20. The predicted octanol–water partition coefficient (Wildman–Crippen LogP) is 2.27. The van der Waals surface area contributed by atoms with Crippen molar-refractivity contribution in [3.8, 4) is 0 Å². The van der Waals surface area contributed by atoms with E-state index in [9.17, 15) is 5.11 Å². The second-order valence-corrected chi connectivity index (χ2v) is 5.98. The van der Waals surface area contributed by atoms with Gasteiger partial charge in [0.25, 0.3) is 0 Å². The molecule has 1 aromatic carbocycles. The molecule has 3 nitrogen and oxygen atoms in total. The Balaban J connectivity index is 2.01. The van der Waals surface area contributed by atoms with E-state index in [-0.39, 0.29) is 6.61 Å². The Kier molecular flexibility index (Phi) is 4.83. The van der Waals surface area contributed by atoms with Gasteiger partial charge in [-0.2, -0.15) is 0 Å². The lowest BCUT2D eigenvalue weighted by molar-refractivity contribution is 0.277. The maximum atomic E-state index is 9.51. The van der Waals surface area contributed by atoms with E-state index in [1.165, 1.54) is 30.6 Å². The van der Waals surface area contributed by atoms with Crippen molar-refractivity contribution in [3.05, 3.63) is 29.3 Å². The van der Waals surface area contributed by atoms with E-state index in [0.717, 1.165) is 24.6 Å². The van der Waals surface area contributed by atoms with Crippen molar-refractivity contribution in [1.29, 1.82) is 0 Å². The van der Waals surface area contributed by atoms with E-state index < -0.39 is 0 Å². The van der Waals surface area contributed by atoms with Gasteiger partial charge in [-0.05, 0) is 45.8 Å². The number of hydrogen-bond acceptors (Lipinski definition) is 3. The molecule has 0 spiro atoms. The van der Waals surface area contributed by atoms with E-state index >= 15 is 0 Å². The molecule has 19 heavy (non-hydrogen) atoms.